The van der Waals surface area contributed by atoms with Crippen LogP contribution in [0.15, 0.2) is 95.9 Å². The number of nitrogens with one attached hydrogen (secondary N) is 1. The summed E-state index contributed by atoms with van der Waals surface area (Å²) in [4.78, 5) is -0.0629. The van der Waals surface area contributed by atoms with Gasteiger partial charge in [0.1, 0.15) is 11.5 Å². The average molecular weight is 626 g/mol. The molecule has 11 heteroatoms. The molecule has 0 saturated carbocycles. The summed E-state index contributed by atoms with van der Waals surface area (Å²) in [6, 6.07) is 20.5. The van der Waals surface area contributed by atoms with E-state index in [1.165, 1.54) is 30.3 Å². The van der Waals surface area contributed by atoms with Crippen molar-refractivity contribution < 1.29 is 36.2 Å². The zero-order chi connectivity index (χ0) is 30.5. The monoisotopic (exact) mass is 625 g/mol. The van der Waals surface area contributed by atoms with Gasteiger partial charge in [0.2, 0.25) is 0 Å². The lowest BCUT2D eigenvalue weighted by molar-refractivity contribution is -0.137. The number of aliphatic hydroxyl groups is 1. The maximum absolute atomic E-state index is 13.4. The van der Waals surface area contributed by atoms with Crippen LogP contribution in [0.4, 0.5) is 26.3 Å². The summed E-state index contributed by atoms with van der Waals surface area (Å²) in [6.07, 6.45) is -3.91. The Morgan fingerprint density at radius 2 is 1.45 bits per heavy atom. The molecule has 0 amide bonds. The summed E-state index contributed by atoms with van der Waals surface area (Å²) in [7, 11) is 0. The molecule has 4 aromatic rings. The zero-order valence-corrected chi connectivity index (χ0v) is 23.7. The molecule has 222 valence electrons. The fourth-order valence-corrected chi connectivity index (χ4v) is 5.30. The molecule has 0 radical (unpaired) electrons. The van der Waals surface area contributed by atoms with Crippen molar-refractivity contribution in [2.24, 2.45) is 0 Å². The first-order chi connectivity index (χ1) is 19.9. The minimum absolute atomic E-state index is 0.0629. The van der Waals surface area contributed by atoms with Gasteiger partial charge in [0.15, 0.2) is 0 Å². The molecule has 42 heavy (non-hydrogen) atoms. The summed E-state index contributed by atoms with van der Waals surface area (Å²) in [5.41, 5.74) is -3.39. The fraction of sp³-hybridized carbons (Fsp3) is 0.226. The summed E-state index contributed by atoms with van der Waals surface area (Å²) < 4.78 is 85.7. The van der Waals surface area contributed by atoms with E-state index in [-0.39, 0.29) is 22.2 Å². The molecular formula is C31H26ClF6NO2S. The molecule has 4 aromatic carbocycles. The van der Waals surface area contributed by atoms with E-state index in [1.807, 2.05) is 6.92 Å². The van der Waals surface area contributed by atoms with Crippen molar-refractivity contribution in [3.63, 3.8) is 0 Å². The third kappa shape index (κ3) is 8.44. The van der Waals surface area contributed by atoms with Gasteiger partial charge in [0.05, 0.1) is 24.3 Å². The number of halogens is 7. The van der Waals surface area contributed by atoms with Crippen LogP contribution in [0, 0.1) is 0 Å². The molecule has 0 aliphatic heterocycles. The van der Waals surface area contributed by atoms with Crippen molar-refractivity contribution in [2.75, 3.05) is 6.61 Å². The van der Waals surface area contributed by atoms with E-state index < -0.39 is 35.9 Å². The van der Waals surface area contributed by atoms with Crippen LogP contribution in [0.3, 0.4) is 0 Å². The second kappa shape index (κ2) is 13.4. The van der Waals surface area contributed by atoms with Crippen LogP contribution in [0.5, 0.6) is 11.5 Å². The van der Waals surface area contributed by atoms with Crippen LogP contribution >= 0.6 is 23.4 Å². The lowest BCUT2D eigenvalue weighted by atomic mass is 9.95. The van der Waals surface area contributed by atoms with Gasteiger partial charge in [-0.15, -0.1) is 0 Å². The molecule has 0 bridgehead atoms. The van der Waals surface area contributed by atoms with Crippen molar-refractivity contribution in [3.8, 4) is 11.5 Å². The highest BCUT2D eigenvalue weighted by molar-refractivity contribution is 8.00. The number of alkyl halides is 6. The molecule has 4 rings (SSSR count). The van der Waals surface area contributed by atoms with Crippen molar-refractivity contribution in [1.82, 2.24) is 5.32 Å². The summed E-state index contributed by atoms with van der Waals surface area (Å²) in [5.74, 6) is 0.947. The van der Waals surface area contributed by atoms with Gasteiger partial charge in [-0.3, -0.25) is 5.32 Å². The maximum atomic E-state index is 13.4. The normalized spacial score (nSPS) is 13.5. The third-order valence-corrected chi connectivity index (χ3v) is 7.51. The standard InChI is InChI=1S/C31H26ClF6NO2S/c1-2-19-15-25(12-13-27(19)32)41-24-10-4-7-21(16-24)29(22-8-5-11-26(17-22)42-31(36,37)38)39-28(18-40)20-6-3-9-23(14-20)30(33,34)35/h3-17,28-29,39-40H,2,18H2,1H3. The highest BCUT2D eigenvalue weighted by Crippen LogP contribution is 2.39. The molecule has 0 fully saturated rings. The molecule has 0 aromatic heterocycles. The van der Waals surface area contributed by atoms with Crippen LogP contribution in [-0.2, 0) is 12.6 Å². The number of aryl methyl sites for hydroxylation is 1. The molecule has 0 aliphatic rings. The highest BCUT2D eigenvalue weighted by Gasteiger charge is 2.32. The first kappa shape index (κ1) is 31.7. The van der Waals surface area contributed by atoms with Gasteiger partial charge >= 0.3 is 11.7 Å². The molecule has 3 nitrogen and oxygen atoms in total. The Labute approximate surface area is 248 Å². The summed E-state index contributed by atoms with van der Waals surface area (Å²) >= 11 is 5.94. The van der Waals surface area contributed by atoms with E-state index in [2.05, 4.69) is 5.32 Å². The van der Waals surface area contributed by atoms with Gasteiger partial charge in [-0.2, -0.15) is 26.3 Å². The average Bonchev–Trinajstić information content (AvgIpc) is 2.94. The Balaban J connectivity index is 1.74. The Morgan fingerprint density at radius 1 is 0.810 bits per heavy atom. The van der Waals surface area contributed by atoms with Crippen LogP contribution < -0.4 is 10.1 Å². The van der Waals surface area contributed by atoms with Gasteiger partial charge < -0.3 is 9.84 Å². The summed E-state index contributed by atoms with van der Waals surface area (Å²) in [5, 5.41) is 14.0. The van der Waals surface area contributed by atoms with Gasteiger partial charge in [0.25, 0.3) is 0 Å². The molecule has 0 heterocycles. The third-order valence-electron chi connectivity index (χ3n) is 6.42. The minimum Gasteiger partial charge on any atom is -0.457 e. The van der Waals surface area contributed by atoms with E-state index in [1.54, 1.807) is 48.5 Å². The summed E-state index contributed by atoms with van der Waals surface area (Å²) in [6.45, 7) is 1.38. The predicted octanol–water partition coefficient (Wildman–Crippen LogP) is 9.74. The van der Waals surface area contributed by atoms with E-state index in [9.17, 15) is 31.4 Å². The first-order valence-corrected chi connectivity index (χ1v) is 14.0. The lowest BCUT2D eigenvalue weighted by Gasteiger charge is -2.27. The number of rotatable bonds is 10. The Hall–Kier alpha value is -3.18. The second-order valence-corrected chi connectivity index (χ2v) is 10.9. The minimum atomic E-state index is -4.59. The quantitative estimate of drug-likeness (QED) is 0.136. The topological polar surface area (TPSA) is 41.5 Å². The molecule has 2 unspecified atom stereocenters. The number of ether oxygens (including phenoxy) is 1. The molecule has 0 aliphatic carbocycles. The van der Waals surface area contributed by atoms with Crippen LogP contribution in [0.2, 0.25) is 5.02 Å². The molecule has 0 saturated heterocycles. The van der Waals surface area contributed by atoms with E-state index in [0.29, 0.717) is 34.1 Å². The molecular weight excluding hydrogens is 600 g/mol. The lowest BCUT2D eigenvalue weighted by Crippen LogP contribution is -2.30. The smallest absolute Gasteiger partial charge is 0.446 e. The first-order valence-electron chi connectivity index (χ1n) is 12.8. The van der Waals surface area contributed by atoms with E-state index in [0.717, 1.165) is 17.7 Å². The number of aliphatic hydroxyl groups excluding tert-OH is 1. The Kier molecular flexibility index (Phi) is 10.1. The number of hydrogen-bond donors (Lipinski definition) is 2. The van der Waals surface area contributed by atoms with Crippen molar-refractivity contribution in [1.29, 1.82) is 0 Å². The SMILES string of the molecule is CCc1cc(Oc2cccc(C(NC(CO)c3cccc(C(F)(F)F)c3)c3cccc(SC(F)(F)F)c3)c2)ccc1Cl. The van der Waals surface area contributed by atoms with Crippen LogP contribution in [0.25, 0.3) is 0 Å². The number of hydrogen-bond acceptors (Lipinski definition) is 4. The Bertz CT molecular complexity index is 1510. The van der Waals surface area contributed by atoms with Crippen molar-refractivity contribution in [3.05, 3.63) is 124 Å². The van der Waals surface area contributed by atoms with Gasteiger partial charge in [-0.1, -0.05) is 54.9 Å². The highest BCUT2D eigenvalue weighted by atomic mass is 35.5. The van der Waals surface area contributed by atoms with Gasteiger partial charge in [-0.05, 0) is 95.0 Å². The van der Waals surface area contributed by atoms with Gasteiger partial charge in [-0.25, -0.2) is 0 Å². The predicted molar refractivity (Wildman–Crippen MR) is 152 cm³/mol. The molecule has 2 N–H and O–H groups in total. The number of thioether (sulfide) groups is 1. The fourth-order valence-electron chi connectivity index (χ4n) is 4.44. The van der Waals surface area contributed by atoms with Crippen molar-refractivity contribution >= 4 is 23.4 Å². The molecule has 2 atom stereocenters. The zero-order valence-electron chi connectivity index (χ0n) is 22.1. The largest absolute Gasteiger partial charge is 0.457 e. The maximum Gasteiger partial charge on any atom is 0.446 e. The number of benzene rings is 4. The Morgan fingerprint density at radius 3 is 2.12 bits per heavy atom. The van der Waals surface area contributed by atoms with Crippen LogP contribution in [-0.4, -0.2) is 17.2 Å². The van der Waals surface area contributed by atoms with Gasteiger partial charge in [0, 0.05) is 9.92 Å². The second-order valence-electron chi connectivity index (χ2n) is 9.36. The van der Waals surface area contributed by atoms with Crippen LogP contribution in [0.1, 0.15) is 46.8 Å². The van der Waals surface area contributed by atoms with E-state index >= 15 is 0 Å². The van der Waals surface area contributed by atoms with Crippen molar-refractivity contribution in [2.45, 2.75) is 42.0 Å². The van der Waals surface area contributed by atoms with E-state index in [4.69, 9.17) is 16.3 Å². The molecule has 0 spiro atoms.